The number of nitrogens with two attached hydrogens (primary N) is 2. The summed E-state index contributed by atoms with van der Waals surface area (Å²) >= 11 is 5.19. The lowest BCUT2D eigenvalue weighted by Crippen LogP contribution is -2.80. The third-order valence-electron chi connectivity index (χ3n) is 2.71. The Labute approximate surface area is 139 Å². The summed E-state index contributed by atoms with van der Waals surface area (Å²) in [6.07, 6.45) is 0. The molecule has 7 N–H and O–H groups in total. The van der Waals surface area contributed by atoms with Crippen LogP contribution >= 0.6 is 12.2 Å². The Morgan fingerprint density at radius 3 is 1.96 bits per heavy atom. The van der Waals surface area contributed by atoms with Gasteiger partial charge in [-0.3, -0.25) is 11.5 Å². The van der Waals surface area contributed by atoms with Crippen molar-refractivity contribution in [2.45, 2.75) is 4.90 Å². The van der Waals surface area contributed by atoms with E-state index in [0.29, 0.717) is 10.8 Å². The fourth-order valence-electron chi connectivity index (χ4n) is 1.75. The van der Waals surface area contributed by atoms with E-state index in [1.807, 2.05) is 34.7 Å². The van der Waals surface area contributed by atoms with Crippen LogP contribution in [0.5, 0.6) is 0 Å². The normalized spacial score (nSPS) is 10.6. The maximum atomic E-state index is 11.9. The molecule has 0 aliphatic heterocycles. The molecule has 0 aliphatic carbocycles. The van der Waals surface area contributed by atoms with Gasteiger partial charge in [0.15, 0.2) is 5.11 Å². The van der Waals surface area contributed by atoms with Gasteiger partial charge in [0.1, 0.15) is 4.90 Å². The average Bonchev–Trinajstić information content (AvgIpc) is 2.47. The summed E-state index contributed by atoms with van der Waals surface area (Å²) in [7, 11) is -3.77. The van der Waals surface area contributed by atoms with Crippen LogP contribution in [0.3, 0.4) is 0 Å². The summed E-state index contributed by atoms with van der Waals surface area (Å²) in [6, 6.07) is 15.4. The molecule has 7 nitrogen and oxygen atoms in total. The minimum Gasteiger partial charge on any atom is -0.332 e. The number of hydrogen-bond acceptors (Lipinski definition) is 3. The van der Waals surface area contributed by atoms with Crippen molar-refractivity contribution in [1.82, 2.24) is 0 Å². The molecule has 0 amide bonds. The number of para-hydroxylation sites is 1. The standard InChI is InChI=1S/C14H15N5O2S2/c15-13(16)19-23(20,21)12-8-6-11(7-9-12)18-14(22)17-10-4-2-1-3-5-10/h1-9H,(H4,15,16,19)(H2,17,18,22)/p+1. The van der Waals surface area contributed by atoms with Crippen molar-refractivity contribution in [3.8, 4) is 0 Å². The van der Waals surface area contributed by atoms with Crippen molar-refractivity contribution in [2.75, 3.05) is 10.6 Å². The SMILES string of the molecule is NC(N)=[NH+]S(=O)(=O)c1ccc(NC(=S)Nc2ccccc2)cc1. The van der Waals surface area contributed by atoms with E-state index in [1.165, 1.54) is 12.1 Å². The van der Waals surface area contributed by atoms with E-state index in [0.717, 1.165) is 5.69 Å². The van der Waals surface area contributed by atoms with Crippen molar-refractivity contribution in [3.05, 3.63) is 54.6 Å². The second kappa shape index (κ2) is 7.07. The van der Waals surface area contributed by atoms with Gasteiger partial charge < -0.3 is 10.6 Å². The minimum atomic E-state index is -3.77. The Morgan fingerprint density at radius 1 is 0.913 bits per heavy atom. The van der Waals surface area contributed by atoms with E-state index in [2.05, 4.69) is 10.6 Å². The minimum absolute atomic E-state index is 0.0402. The number of anilines is 2. The van der Waals surface area contributed by atoms with Crippen LogP contribution in [0.4, 0.5) is 11.4 Å². The highest BCUT2D eigenvalue weighted by atomic mass is 32.2. The number of nitrogens with one attached hydrogen (secondary N) is 3. The fraction of sp³-hybridized carbons (Fsp3) is 0. The summed E-state index contributed by atoms with van der Waals surface area (Å²) in [5.41, 5.74) is 11.8. The van der Waals surface area contributed by atoms with Gasteiger partial charge in [0, 0.05) is 11.4 Å². The largest absolute Gasteiger partial charge is 0.353 e. The van der Waals surface area contributed by atoms with Gasteiger partial charge in [-0.2, -0.15) is 12.8 Å². The molecule has 23 heavy (non-hydrogen) atoms. The fourth-order valence-corrected chi connectivity index (χ4v) is 2.90. The highest BCUT2D eigenvalue weighted by Gasteiger charge is 2.14. The van der Waals surface area contributed by atoms with Gasteiger partial charge in [-0.1, -0.05) is 18.2 Å². The first-order valence-electron chi connectivity index (χ1n) is 6.51. The Hall–Kier alpha value is -2.65. The molecule has 2 aromatic rings. The van der Waals surface area contributed by atoms with Crippen LogP contribution < -0.4 is 26.5 Å². The smallest absolute Gasteiger partial charge is 0.332 e. The number of guanidine groups is 1. The molecule has 2 rings (SSSR count). The highest BCUT2D eigenvalue weighted by Crippen LogP contribution is 2.13. The number of thiocarbonyl (C=S) groups is 1. The summed E-state index contributed by atoms with van der Waals surface area (Å²) in [5, 5.41) is 6.37. The molecule has 2 aromatic carbocycles. The summed E-state index contributed by atoms with van der Waals surface area (Å²) < 4.78 is 25.7. The van der Waals surface area contributed by atoms with Gasteiger partial charge >= 0.3 is 16.0 Å². The zero-order chi connectivity index (χ0) is 16.9. The van der Waals surface area contributed by atoms with Crippen molar-refractivity contribution < 1.29 is 12.8 Å². The van der Waals surface area contributed by atoms with E-state index in [-0.39, 0.29) is 10.9 Å². The molecule has 0 heterocycles. The predicted octanol–water partition coefficient (Wildman–Crippen LogP) is -0.462. The van der Waals surface area contributed by atoms with E-state index in [9.17, 15) is 8.42 Å². The maximum Gasteiger partial charge on any atom is 0.353 e. The first-order chi connectivity index (χ1) is 10.9. The van der Waals surface area contributed by atoms with E-state index in [4.69, 9.17) is 23.7 Å². The molecule has 0 atom stereocenters. The topological polar surface area (TPSA) is 124 Å². The predicted molar refractivity (Wildman–Crippen MR) is 94.3 cm³/mol. The van der Waals surface area contributed by atoms with Crippen LogP contribution in [0.2, 0.25) is 0 Å². The maximum absolute atomic E-state index is 11.9. The number of rotatable bonds is 4. The first kappa shape index (κ1) is 16.7. The van der Waals surface area contributed by atoms with Gasteiger partial charge in [-0.15, -0.1) is 0 Å². The van der Waals surface area contributed by atoms with Gasteiger partial charge in [0.25, 0.3) is 0 Å². The lowest BCUT2D eigenvalue weighted by atomic mass is 10.3. The molecule has 120 valence electrons. The third kappa shape index (κ3) is 4.94. The van der Waals surface area contributed by atoms with Gasteiger partial charge in [0.05, 0.1) is 0 Å². The van der Waals surface area contributed by atoms with E-state index < -0.39 is 10.0 Å². The summed E-state index contributed by atoms with van der Waals surface area (Å²) in [6.45, 7) is 0. The molecule has 0 aromatic heterocycles. The Kier molecular flexibility index (Phi) is 5.14. The van der Waals surface area contributed by atoms with Crippen molar-refractivity contribution in [1.29, 1.82) is 0 Å². The van der Waals surface area contributed by atoms with Crippen molar-refractivity contribution in [3.63, 3.8) is 0 Å². The van der Waals surface area contributed by atoms with Crippen molar-refractivity contribution in [2.24, 2.45) is 11.5 Å². The van der Waals surface area contributed by atoms with E-state index in [1.54, 1.807) is 12.1 Å². The van der Waals surface area contributed by atoms with Gasteiger partial charge in [-0.05, 0) is 48.6 Å². The van der Waals surface area contributed by atoms with E-state index >= 15 is 0 Å². The van der Waals surface area contributed by atoms with Crippen LogP contribution in [-0.4, -0.2) is 19.5 Å². The van der Waals surface area contributed by atoms with Gasteiger partial charge in [0.2, 0.25) is 0 Å². The zero-order valence-electron chi connectivity index (χ0n) is 12.0. The molecular formula is C14H16N5O2S2+. The molecule has 0 unspecified atom stereocenters. The Balaban J connectivity index is 2.06. The molecular weight excluding hydrogens is 334 g/mol. The van der Waals surface area contributed by atoms with Crippen LogP contribution in [0.1, 0.15) is 0 Å². The number of sulfonamides is 1. The van der Waals surface area contributed by atoms with Crippen LogP contribution in [-0.2, 0) is 10.0 Å². The molecule has 0 fully saturated rings. The summed E-state index contributed by atoms with van der Waals surface area (Å²) in [4.78, 5) is 0.0402. The molecule has 0 radical (unpaired) electrons. The first-order valence-corrected chi connectivity index (χ1v) is 8.40. The zero-order valence-corrected chi connectivity index (χ0v) is 13.6. The average molecular weight is 350 g/mol. The molecule has 0 saturated carbocycles. The van der Waals surface area contributed by atoms with Crippen molar-refractivity contribution >= 4 is 44.7 Å². The second-order valence-corrected chi connectivity index (χ2v) is 6.62. The lowest BCUT2D eigenvalue weighted by molar-refractivity contribution is -0.270. The molecule has 0 spiro atoms. The lowest BCUT2D eigenvalue weighted by Gasteiger charge is -2.10. The monoisotopic (exact) mass is 350 g/mol. The van der Waals surface area contributed by atoms with Crippen LogP contribution in [0, 0.1) is 0 Å². The third-order valence-corrected chi connectivity index (χ3v) is 4.31. The van der Waals surface area contributed by atoms with Gasteiger partial charge in [-0.25, -0.2) is 0 Å². The molecule has 9 heteroatoms. The van der Waals surface area contributed by atoms with Crippen LogP contribution in [0.25, 0.3) is 0 Å². The number of hydrogen-bond donors (Lipinski definition) is 5. The Bertz CT molecular complexity index is 814. The summed E-state index contributed by atoms with van der Waals surface area (Å²) in [5.74, 6) is -0.388. The number of benzene rings is 2. The molecule has 0 saturated heterocycles. The Morgan fingerprint density at radius 2 is 1.43 bits per heavy atom. The quantitative estimate of drug-likeness (QED) is 0.287. The molecule has 0 aliphatic rings. The van der Waals surface area contributed by atoms with Crippen LogP contribution in [0.15, 0.2) is 59.5 Å². The second-order valence-electron chi connectivity index (χ2n) is 4.53. The molecule has 0 bridgehead atoms. The highest BCUT2D eigenvalue weighted by molar-refractivity contribution is 7.84.